The van der Waals surface area contributed by atoms with Crippen LogP contribution in [0.1, 0.15) is 54.6 Å². The van der Waals surface area contributed by atoms with E-state index in [1.807, 2.05) is 0 Å². The molecular weight excluding hydrogens is 415 g/mol. The number of fused-ring (bicyclic) bond motifs is 2. The Balaban J connectivity index is 1.67. The average Bonchev–Trinajstić information content (AvgIpc) is 3.37. The maximum Gasteiger partial charge on any atom is 0.354 e. The minimum atomic E-state index is -3.57. The van der Waals surface area contributed by atoms with Gasteiger partial charge in [-0.15, -0.1) is 15.7 Å². The Morgan fingerprint density at radius 1 is 1.24 bits per heavy atom. The molecule has 0 radical (unpaired) electrons. The number of anilines is 1. The topological polar surface area (TPSA) is 118 Å². The lowest BCUT2D eigenvalue weighted by molar-refractivity contribution is 0.0741. The molecule has 0 saturated heterocycles. The number of nitrogens with one attached hydrogen (secondary N) is 1. The highest BCUT2D eigenvalue weighted by molar-refractivity contribution is 7.93. The number of carbonyl (C=O) groups is 1. The normalized spacial score (nSPS) is 17.6. The standard InChI is InChI=1S/C19H23FN4O3S2/c1-19(2,26)14-9-28-18(22-14)29(21,27)24-17(25)23-16-12-7-3-5-10(12)15(20)11-6-4-8-13(11)16/h9,26H,3-8H2,1-2H3,(H3,21,23,24,25,27). The summed E-state index contributed by atoms with van der Waals surface area (Å²) in [6, 6.07) is -0.840. The highest BCUT2D eigenvalue weighted by Crippen LogP contribution is 2.41. The number of hydrogen-bond donors (Lipinski definition) is 3. The Morgan fingerprint density at radius 3 is 2.31 bits per heavy atom. The zero-order chi connectivity index (χ0) is 21.0. The van der Waals surface area contributed by atoms with Crippen molar-refractivity contribution >= 4 is 33.0 Å². The van der Waals surface area contributed by atoms with Crippen molar-refractivity contribution in [3.8, 4) is 0 Å². The quantitative estimate of drug-likeness (QED) is 0.680. The third-order valence-electron chi connectivity index (χ3n) is 5.38. The SMILES string of the molecule is CC(C)(O)c1csc(S(N)(=O)=NC(=O)Nc2c3c(c(F)c4c2CCC4)CCC3)n1. The van der Waals surface area contributed by atoms with Crippen LogP contribution in [0.25, 0.3) is 0 Å². The van der Waals surface area contributed by atoms with Crippen molar-refractivity contribution in [1.82, 2.24) is 4.98 Å². The summed E-state index contributed by atoms with van der Waals surface area (Å²) in [5.41, 5.74) is 2.66. The molecule has 0 saturated carbocycles. The predicted molar refractivity (Wildman–Crippen MR) is 110 cm³/mol. The molecule has 29 heavy (non-hydrogen) atoms. The van der Waals surface area contributed by atoms with Crippen molar-refractivity contribution in [2.45, 2.75) is 62.3 Å². The summed E-state index contributed by atoms with van der Waals surface area (Å²) in [6.45, 7) is 3.09. The van der Waals surface area contributed by atoms with E-state index in [0.29, 0.717) is 48.2 Å². The minimum absolute atomic E-state index is 0.0284. The van der Waals surface area contributed by atoms with Gasteiger partial charge in [-0.05, 0) is 74.6 Å². The van der Waals surface area contributed by atoms with Crippen LogP contribution >= 0.6 is 11.3 Å². The van der Waals surface area contributed by atoms with E-state index < -0.39 is 21.5 Å². The number of rotatable bonds is 3. The van der Waals surface area contributed by atoms with E-state index in [1.165, 1.54) is 5.38 Å². The smallest absolute Gasteiger partial charge is 0.354 e. The Hall–Kier alpha value is -1.88. The molecule has 10 heteroatoms. The highest BCUT2D eigenvalue weighted by atomic mass is 32.2. The molecule has 2 amide bonds. The number of nitrogens with two attached hydrogens (primary N) is 1. The van der Waals surface area contributed by atoms with Gasteiger partial charge in [-0.1, -0.05) is 0 Å². The van der Waals surface area contributed by atoms with Gasteiger partial charge < -0.3 is 10.4 Å². The van der Waals surface area contributed by atoms with Crippen molar-refractivity contribution in [1.29, 1.82) is 0 Å². The number of urea groups is 1. The molecule has 2 aliphatic rings. The summed E-state index contributed by atoms with van der Waals surface area (Å²) in [5, 5.41) is 20.1. The second-order valence-corrected chi connectivity index (χ2v) is 10.8. The van der Waals surface area contributed by atoms with E-state index in [4.69, 9.17) is 5.14 Å². The third kappa shape index (κ3) is 3.70. The van der Waals surface area contributed by atoms with E-state index in [1.54, 1.807) is 13.8 Å². The van der Waals surface area contributed by atoms with Crippen LogP contribution in [0.2, 0.25) is 0 Å². The number of nitrogens with zero attached hydrogens (tertiary/aromatic N) is 2. The Kier molecular flexibility index (Phi) is 5.01. The summed E-state index contributed by atoms with van der Waals surface area (Å²) in [5.74, 6) is -0.135. The minimum Gasteiger partial charge on any atom is -0.384 e. The zero-order valence-corrected chi connectivity index (χ0v) is 17.9. The van der Waals surface area contributed by atoms with Crippen LogP contribution in [-0.2, 0) is 41.2 Å². The number of amides is 2. The van der Waals surface area contributed by atoms with E-state index >= 15 is 0 Å². The molecule has 1 aromatic heterocycles. The van der Waals surface area contributed by atoms with Gasteiger partial charge in [0.25, 0.3) is 0 Å². The Morgan fingerprint density at radius 2 is 1.79 bits per heavy atom. The van der Waals surface area contributed by atoms with Crippen molar-refractivity contribution in [2.75, 3.05) is 5.32 Å². The van der Waals surface area contributed by atoms with Crippen LogP contribution in [0.5, 0.6) is 0 Å². The fraction of sp³-hybridized carbons (Fsp3) is 0.474. The van der Waals surface area contributed by atoms with Crippen LogP contribution in [0.15, 0.2) is 14.1 Å². The second kappa shape index (κ2) is 7.12. The lowest BCUT2D eigenvalue weighted by Crippen LogP contribution is -2.20. The molecule has 156 valence electrons. The molecule has 1 heterocycles. The summed E-state index contributed by atoms with van der Waals surface area (Å²) in [6.07, 6.45) is 4.36. The molecule has 1 unspecified atom stereocenters. The van der Waals surface area contributed by atoms with Gasteiger partial charge in [-0.2, -0.15) is 0 Å². The first kappa shape index (κ1) is 20.4. The van der Waals surface area contributed by atoms with E-state index in [0.717, 1.165) is 35.3 Å². The molecule has 2 aromatic rings. The van der Waals surface area contributed by atoms with Gasteiger partial charge in [-0.3, -0.25) is 0 Å². The van der Waals surface area contributed by atoms with Gasteiger partial charge in [0.1, 0.15) is 11.4 Å². The van der Waals surface area contributed by atoms with Gasteiger partial charge in [0.15, 0.2) is 9.92 Å². The van der Waals surface area contributed by atoms with Crippen molar-refractivity contribution in [2.24, 2.45) is 9.50 Å². The molecule has 0 fully saturated rings. The van der Waals surface area contributed by atoms with Gasteiger partial charge >= 0.3 is 6.03 Å². The maximum atomic E-state index is 14.8. The molecule has 1 atom stereocenters. The van der Waals surface area contributed by atoms with Gasteiger partial charge in [-0.25, -0.2) is 23.5 Å². The molecule has 4 N–H and O–H groups in total. The van der Waals surface area contributed by atoms with Crippen LogP contribution < -0.4 is 10.5 Å². The number of thiazole rings is 1. The Bertz CT molecular complexity index is 1090. The molecule has 2 aliphatic carbocycles. The summed E-state index contributed by atoms with van der Waals surface area (Å²) in [4.78, 5) is 16.7. The van der Waals surface area contributed by atoms with Crippen molar-refractivity contribution < 1.29 is 18.5 Å². The number of halogens is 1. The number of aliphatic hydroxyl groups is 1. The first-order chi connectivity index (χ1) is 13.6. The van der Waals surface area contributed by atoms with Gasteiger partial charge in [0.05, 0.1) is 5.69 Å². The van der Waals surface area contributed by atoms with Crippen molar-refractivity contribution in [3.63, 3.8) is 0 Å². The first-order valence-electron chi connectivity index (χ1n) is 9.47. The predicted octanol–water partition coefficient (Wildman–Crippen LogP) is 3.42. The molecule has 0 aliphatic heterocycles. The van der Waals surface area contributed by atoms with Gasteiger partial charge in [0, 0.05) is 11.1 Å². The summed E-state index contributed by atoms with van der Waals surface area (Å²) >= 11 is 0.979. The zero-order valence-electron chi connectivity index (χ0n) is 16.2. The number of hydrogen-bond acceptors (Lipinski definition) is 5. The number of benzene rings is 1. The fourth-order valence-electron chi connectivity index (χ4n) is 4.00. The van der Waals surface area contributed by atoms with Crippen LogP contribution in [0.4, 0.5) is 14.9 Å². The molecule has 0 bridgehead atoms. The molecule has 7 nitrogen and oxygen atoms in total. The largest absolute Gasteiger partial charge is 0.384 e. The maximum absolute atomic E-state index is 14.8. The molecule has 0 spiro atoms. The number of carbonyl (C=O) groups excluding carboxylic acids is 1. The summed E-state index contributed by atoms with van der Waals surface area (Å²) in [7, 11) is -3.57. The first-order valence-corrected chi connectivity index (χ1v) is 11.9. The fourth-order valence-corrected chi connectivity index (χ4v) is 6.11. The van der Waals surface area contributed by atoms with E-state index in [9.17, 15) is 18.5 Å². The van der Waals surface area contributed by atoms with Crippen LogP contribution in [0, 0.1) is 5.82 Å². The molecule has 1 aromatic carbocycles. The van der Waals surface area contributed by atoms with Crippen LogP contribution in [0.3, 0.4) is 0 Å². The summed E-state index contributed by atoms with van der Waals surface area (Å²) < 4.78 is 31.2. The van der Waals surface area contributed by atoms with Crippen LogP contribution in [-0.4, -0.2) is 20.3 Å². The monoisotopic (exact) mass is 438 g/mol. The highest BCUT2D eigenvalue weighted by Gasteiger charge is 2.30. The third-order valence-corrected chi connectivity index (χ3v) is 8.05. The van der Waals surface area contributed by atoms with Gasteiger partial charge in [0.2, 0.25) is 4.34 Å². The van der Waals surface area contributed by atoms with E-state index in [-0.39, 0.29) is 10.2 Å². The lowest BCUT2D eigenvalue weighted by atomic mass is 9.98. The van der Waals surface area contributed by atoms with E-state index in [2.05, 4.69) is 14.7 Å². The molecule has 4 rings (SSSR count). The molecular formula is C19H23FN4O3S2. The Labute approximate surface area is 172 Å². The average molecular weight is 439 g/mol. The number of aromatic nitrogens is 1. The lowest BCUT2D eigenvalue weighted by Gasteiger charge is -2.16. The second-order valence-electron chi connectivity index (χ2n) is 7.96. The van der Waals surface area contributed by atoms with Crippen molar-refractivity contribution in [3.05, 3.63) is 39.1 Å².